The molecule has 0 spiro atoms. The van der Waals surface area contributed by atoms with E-state index < -0.39 is 5.97 Å². The minimum atomic E-state index is -0.970. The summed E-state index contributed by atoms with van der Waals surface area (Å²) >= 11 is 5.86. The standard InChI is InChI=1S/C12H16ClN3O2/c1-15(2)8-5-6-16(7-8)11-9(12(17)18)3-4-10(13)14-11/h3-4,8H,5-7H2,1-2H3,(H,17,18). The van der Waals surface area contributed by atoms with Crippen molar-refractivity contribution in [3.63, 3.8) is 0 Å². The second kappa shape index (κ2) is 5.12. The Bertz CT molecular complexity index is 465. The lowest BCUT2D eigenvalue weighted by molar-refractivity contribution is 0.0697. The van der Waals surface area contributed by atoms with Crippen molar-refractivity contribution in [1.82, 2.24) is 9.88 Å². The van der Waals surface area contributed by atoms with Gasteiger partial charge in [-0.1, -0.05) is 11.6 Å². The van der Waals surface area contributed by atoms with Crippen LogP contribution in [0.1, 0.15) is 16.8 Å². The molecule has 2 rings (SSSR count). The second-order valence-corrected chi connectivity index (χ2v) is 5.05. The van der Waals surface area contributed by atoms with Gasteiger partial charge in [0.2, 0.25) is 0 Å². The van der Waals surface area contributed by atoms with Gasteiger partial charge in [-0.25, -0.2) is 9.78 Å². The normalized spacial score (nSPS) is 19.6. The van der Waals surface area contributed by atoms with Crippen LogP contribution in [0.3, 0.4) is 0 Å². The Morgan fingerprint density at radius 1 is 1.56 bits per heavy atom. The molecule has 1 N–H and O–H groups in total. The summed E-state index contributed by atoms with van der Waals surface area (Å²) in [7, 11) is 4.05. The van der Waals surface area contributed by atoms with E-state index in [1.807, 2.05) is 19.0 Å². The van der Waals surface area contributed by atoms with E-state index in [-0.39, 0.29) is 5.56 Å². The summed E-state index contributed by atoms with van der Waals surface area (Å²) in [4.78, 5) is 19.5. The van der Waals surface area contributed by atoms with Gasteiger partial charge in [-0.2, -0.15) is 0 Å². The Morgan fingerprint density at radius 2 is 2.28 bits per heavy atom. The van der Waals surface area contributed by atoms with E-state index in [1.165, 1.54) is 12.1 Å². The number of likely N-dealkylation sites (N-methyl/N-ethyl adjacent to an activating group) is 1. The lowest BCUT2D eigenvalue weighted by atomic mass is 10.2. The minimum Gasteiger partial charge on any atom is -0.478 e. The Kier molecular flexibility index (Phi) is 3.73. The SMILES string of the molecule is CN(C)C1CCN(c2nc(Cl)ccc2C(=O)O)C1. The van der Waals surface area contributed by atoms with Crippen LogP contribution >= 0.6 is 11.6 Å². The van der Waals surface area contributed by atoms with Gasteiger partial charge in [0.15, 0.2) is 0 Å². The Morgan fingerprint density at radius 3 is 2.83 bits per heavy atom. The maximum absolute atomic E-state index is 11.2. The number of anilines is 1. The van der Waals surface area contributed by atoms with Gasteiger partial charge in [-0.05, 0) is 32.6 Å². The predicted molar refractivity (Wildman–Crippen MR) is 70.5 cm³/mol. The number of carboxylic acid groups (broad SMARTS) is 1. The number of halogens is 1. The summed E-state index contributed by atoms with van der Waals surface area (Å²) in [5.74, 6) is -0.498. The Labute approximate surface area is 111 Å². The van der Waals surface area contributed by atoms with E-state index in [9.17, 15) is 9.90 Å². The highest BCUT2D eigenvalue weighted by Gasteiger charge is 2.28. The Balaban J connectivity index is 2.28. The molecule has 0 bridgehead atoms. The average molecular weight is 270 g/mol. The van der Waals surface area contributed by atoms with Crippen LogP contribution in [0.15, 0.2) is 12.1 Å². The fourth-order valence-electron chi connectivity index (χ4n) is 2.19. The van der Waals surface area contributed by atoms with E-state index >= 15 is 0 Å². The largest absolute Gasteiger partial charge is 0.478 e. The number of hydrogen-bond donors (Lipinski definition) is 1. The summed E-state index contributed by atoms with van der Waals surface area (Å²) in [6, 6.07) is 3.44. The number of rotatable bonds is 3. The molecule has 0 amide bonds. The van der Waals surface area contributed by atoms with Crippen LogP contribution < -0.4 is 4.90 Å². The number of carbonyl (C=O) groups is 1. The number of nitrogens with zero attached hydrogens (tertiary/aromatic N) is 3. The first kappa shape index (κ1) is 13.1. The van der Waals surface area contributed by atoms with Crippen LogP contribution in [0, 0.1) is 0 Å². The molecular weight excluding hydrogens is 254 g/mol. The first-order chi connectivity index (χ1) is 8.49. The van der Waals surface area contributed by atoms with E-state index in [0.29, 0.717) is 17.0 Å². The van der Waals surface area contributed by atoms with Crippen molar-refractivity contribution in [3.8, 4) is 0 Å². The van der Waals surface area contributed by atoms with Gasteiger partial charge in [0, 0.05) is 19.1 Å². The van der Waals surface area contributed by atoms with Crippen LogP contribution in [0.5, 0.6) is 0 Å². The zero-order chi connectivity index (χ0) is 13.3. The molecule has 1 aliphatic rings. The highest BCUT2D eigenvalue weighted by molar-refractivity contribution is 6.29. The topological polar surface area (TPSA) is 56.7 Å². The van der Waals surface area contributed by atoms with E-state index in [0.717, 1.165) is 19.5 Å². The first-order valence-electron chi connectivity index (χ1n) is 5.80. The molecule has 0 aliphatic carbocycles. The maximum Gasteiger partial charge on any atom is 0.339 e. The van der Waals surface area contributed by atoms with Crippen LogP contribution in [-0.4, -0.2) is 54.2 Å². The molecule has 98 valence electrons. The van der Waals surface area contributed by atoms with E-state index in [1.54, 1.807) is 0 Å². The van der Waals surface area contributed by atoms with Gasteiger partial charge >= 0.3 is 5.97 Å². The van der Waals surface area contributed by atoms with Crippen molar-refractivity contribution >= 4 is 23.4 Å². The molecule has 2 heterocycles. The molecule has 1 fully saturated rings. The number of hydrogen-bond acceptors (Lipinski definition) is 4. The summed E-state index contributed by atoms with van der Waals surface area (Å²) in [6.45, 7) is 1.58. The fourth-order valence-corrected chi connectivity index (χ4v) is 2.33. The molecule has 1 aliphatic heterocycles. The first-order valence-corrected chi connectivity index (χ1v) is 6.18. The van der Waals surface area contributed by atoms with Crippen molar-refractivity contribution in [2.45, 2.75) is 12.5 Å². The monoisotopic (exact) mass is 269 g/mol. The molecule has 1 aromatic rings. The third-order valence-electron chi connectivity index (χ3n) is 3.26. The molecule has 6 heteroatoms. The third kappa shape index (κ3) is 2.57. The quantitative estimate of drug-likeness (QED) is 0.845. The van der Waals surface area contributed by atoms with Gasteiger partial charge in [0.1, 0.15) is 16.5 Å². The Hall–Kier alpha value is -1.33. The van der Waals surface area contributed by atoms with Gasteiger partial charge in [-0.3, -0.25) is 0 Å². The van der Waals surface area contributed by atoms with E-state index in [4.69, 9.17) is 11.6 Å². The molecule has 1 saturated heterocycles. The van der Waals surface area contributed by atoms with Crippen molar-refractivity contribution in [1.29, 1.82) is 0 Å². The highest BCUT2D eigenvalue weighted by atomic mass is 35.5. The number of pyridine rings is 1. The molecule has 0 aromatic carbocycles. The second-order valence-electron chi connectivity index (χ2n) is 4.66. The van der Waals surface area contributed by atoms with Gasteiger partial charge < -0.3 is 14.9 Å². The minimum absolute atomic E-state index is 0.207. The molecular formula is C12H16ClN3O2. The van der Waals surface area contributed by atoms with Gasteiger partial charge in [-0.15, -0.1) is 0 Å². The molecule has 18 heavy (non-hydrogen) atoms. The molecule has 0 radical (unpaired) electrons. The maximum atomic E-state index is 11.2. The predicted octanol–water partition coefficient (Wildman–Crippen LogP) is 1.57. The highest BCUT2D eigenvalue weighted by Crippen LogP contribution is 2.25. The van der Waals surface area contributed by atoms with Gasteiger partial charge in [0.05, 0.1) is 0 Å². The number of carboxylic acids is 1. The van der Waals surface area contributed by atoms with Crippen molar-refractivity contribution in [2.75, 3.05) is 32.1 Å². The lowest BCUT2D eigenvalue weighted by Gasteiger charge is -2.22. The summed E-state index contributed by atoms with van der Waals surface area (Å²) in [5.41, 5.74) is 0.207. The molecule has 5 nitrogen and oxygen atoms in total. The number of aromatic nitrogens is 1. The zero-order valence-electron chi connectivity index (χ0n) is 10.4. The fraction of sp³-hybridized carbons (Fsp3) is 0.500. The molecule has 0 saturated carbocycles. The van der Waals surface area contributed by atoms with Crippen LogP contribution in [0.4, 0.5) is 5.82 Å². The lowest BCUT2D eigenvalue weighted by Crippen LogP contribution is -2.32. The number of aromatic carboxylic acids is 1. The van der Waals surface area contributed by atoms with Crippen LogP contribution in [-0.2, 0) is 0 Å². The third-order valence-corrected chi connectivity index (χ3v) is 3.48. The smallest absolute Gasteiger partial charge is 0.339 e. The summed E-state index contributed by atoms with van der Waals surface area (Å²) in [5, 5.41) is 9.49. The van der Waals surface area contributed by atoms with Gasteiger partial charge in [0.25, 0.3) is 0 Å². The van der Waals surface area contributed by atoms with Crippen molar-refractivity contribution in [3.05, 3.63) is 22.8 Å². The zero-order valence-corrected chi connectivity index (χ0v) is 11.2. The van der Waals surface area contributed by atoms with E-state index in [2.05, 4.69) is 9.88 Å². The average Bonchev–Trinajstić information content (AvgIpc) is 2.77. The van der Waals surface area contributed by atoms with Crippen molar-refractivity contribution < 1.29 is 9.90 Å². The molecule has 1 aromatic heterocycles. The van der Waals surface area contributed by atoms with Crippen molar-refractivity contribution in [2.24, 2.45) is 0 Å². The summed E-state index contributed by atoms with van der Waals surface area (Å²) in [6.07, 6.45) is 1.00. The molecule has 1 atom stereocenters. The van der Waals surface area contributed by atoms with Crippen LogP contribution in [0.25, 0.3) is 0 Å². The summed E-state index contributed by atoms with van der Waals surface area (Å²) < 4.78 is 0. The van der Waals surface area contributed by atoms with Crippen LogP contribution in [0.2, 0.25) is 5.15 Å². The molecule has 1 unspecified atom stereocenters.